The predicted molar refractivity (Wildman–Crippen MR) is 84.8 cm³/mol. The Morgan fingerprint density at radius 2 is 1.50 bits per heavy atom. The molecule has 0 aliphatic rings. The molecule has 2 rings (SSSR count). The van der Waals surface area contributed by atoms with Gasteiger partial charge in [-0.1, -0.05) is 17.7 Å². The molecule has 0 bridgehead atoms. The number of halogens is 1. The topological polar surface area (TPSA) is 106 Å². The zero-order valence-electron chi connectivity index (χ0n) is 11.4. The second-order valence-corrected chi connectivity index (χ2v) is 8.24. The first kappa shape index (κ1) is 16.8. The molecule has 0 fully saturated rings. The normalized spacial score (nSPS) is 12.1. The van der Waals surface area contributed by atoms with Gasteiger partial charge in [0.1, 0.15) is 0 Å². The highest BCUT2D eigenvalue weighted by atomic mass is 35.5. The molecule has 0 spiro atoms. The van der Waals surface area contributed by atoms with Gasteiger partial charge in [-0.2, -0.15) is 0 Å². The number of primary sulfonamides is 1. The molecule has 22 heavy (non-hydrogen) atoms. The van der Waals surface area contributed by atoms with E-state index in [1.807, 2.05) is 0 Å². The Labute approximate surface area is 134 Å². The molecule has 3 N–H and O–H groups in total. The Morgan fingerprint density at radius 1 is 0.955 bits per heavy atom. The lowest BCUT2D eigenvalue weighted by Crippen LogP contribution is -2.14. The lowest BCUT2D eigenvalue weighted by molar-refractivity contribution is 0.597. The Morgan fingerprint density at radius 3 is 2.00 bits per heavy atom. The third kappa shape index (κ3) is 3.77. The van der Waals surface area contributed by atoms with Gasteiger partial charge in [-0.25, -0.2) is 22.0 Å². The maximum atomic E-state index is 12.2. The molecule has 0 amide bonds. The second kappa shape index (κ2) is 5.88. The van der Waals surface area contributed by atoms with Crippen molar-refractivity contribution in [2.75, 3.05) is 4.72 Å². The summed E-state index contributed by atoms with van der Waals surface area (Å²) < 4.78 is 49.1. The van der Waals surface area contributed by atoms with Crippen molar-refractivity contribution in [3.63, 3.8) is 0 Å². The van der Waals surface area contributed by atoms with Crippen LogP contribution in [0.1, 0.15) is 5.56 Å². The molecule has 0 aliphatic carbocycles. The standard InChI is InChI=1S/C13H13ClN2O4S2/c1-9-2-5-12(8-13(9)14)22(19,20)16-10-3-6-11(7-4-10)21(15,17)18/h2-8,16H,1H3,(H2,15,17,18). The second-order valence-electron chi connectivity index (χ2n) is 4.59. The van der Waals surface area contributed by atoms with Gasteiger partial charge in [-0.15, -0.1) is 0 Å². The van der Waals surface area contributed by atoms with Crippen molar-refractivity contribution in [2.45, 2.75) is 16.7 Å². The van der Waals surface area contributed by atoms with E-state index in [-0.39, 0.29) is 15.5 Å². The quantitative estimate of drug-likeness (QED) is 0.870. The Bertz CT molecular complexity index is 908. The van der Waals surface area contributed by atoms with E-state index in [0.29, 0.717) is 5.02 Å². The number of aryl methyl sites for hydroxylation is 1. The van der Waals surface area contributed by atoms with Gasteiger partial charge < -0.3 is 0 Å². The summed E-state index contributed by atoms with van der Waals surface area (Å²) in [6.07, 6.45) is 0. The molecule has 118 valence electrons. The van der Waals surface area contributed by atoms with E-state index in [1.54, 1.807) is 13.0 Å². The average molecular weight is 361 g/mol. The van der Waals surface area contributed by atoms with Crippen molar-refractivity contribution in [3.8, 4) is 0 Å². The van der Waals surface area contributed by atoms with Crippen LogP contribution in [0.25, 0.3) is 0 Å². The SMILES string of the molecule is Cc1ccc(S(=O)(=O)Nc2ccc(S(N)(=O)=O)cc2)cc1Cl. The Kier molecular flexibility index (Phi) is 4.48. The molecule has 0 heterocycles. The van der Waals surface area contributed by atoms with Crippen LogP contribution in [0.4, 0.5) is 5.69 Å². The van der Waals surface area contributed by atoms with Crippen molar-refractivity contribution in [1.82, 2.24) is 0 Å². The van der Waals surface area contributed by atoms with Gasteiger partial charge in [0.2, 0.25) is 10.0 Å². The molecule has 0 aliphatic heterocycles. The van der Waals surface area contributed by atoms with Crippen LogP contribution in [0, 0.1) is 6.92 Å². The van der Waals surface area contributed by atoms with Crippen LogP contribution >= 0.6 is 11.6 Å². The van der Waals surface area contributed by atoms with Crippen molar-refractivity contribution in [2.24, 2.45) is 5.14 Å². The fourth-order valence-electron chi connectivity index (χ4n) is 1.67. The highest BCUT2D eigenvalue weighted by Crippen LogP contribution is 2.22. The summed E-state index contributed by atoms with van der Waals surface area (Å²) in [7, 11) is -7.64. The first-order valence-electron chi connectivity index (χ1n) is 6.01. The van der Waals surface area contributed by atoms with Crippen LogP contribution in [0.5, 0.6) is 0 Å². The first-order chi connectivity index (χ1) is 10.1. The van der Waals surface area contributed by atoms with Gasteiger partial charge in [0.05, 0.1) is 9.79 Å². The van der Waals surface area contributed by atoms with Crippen LogP contribution in [-0.4, -0.2) is 16.8 Å². The van der Waals surface area contributed by atoms with Crippen molar-refractivity contribution in [1.29, 1.82) is 0 Å². The maximum absolute atomic E-state index is 12.2. The largest absolute Gasteiger partial charge is 0.280 e. The first-order valence-corrected chi connectivity index (χ1v) is 9.42. The summed E-state index contributed by atoms with van der Waals surface area (Å²) in [6, 6.07) is 9.44. The summed E-state index contributed by atoms with van der Waals surface area (Å²) in [5, 5.41) is 5.32. The lowest BCUT2D eigenvalue weighted by Gasteiger charge is -2.09. The molecule has 6 nitrogen and oxygen atoms in total. The van der Waals surface area contributed by atoms with Crippen LogP contribution in [-0.2, 0) is 20.0 Å². The Hall–Kier alpha value is -1.61. The van der Waals surface area contributed by atoms with E-state index < -0.39 is 20.0 Å². The predicted octanol–water partition coefficient (Wildman–Crippen LogP) is 2.10. The number of nitrogens with two attached hydrogens (primary N) is 1. The molecule has 0 saturated carbocycles. The van der Waals surface area contributed by atoms with Gasteiger partial charge in [-0.05, 0) is 48.9 Å². The van der Waals surface area contributed by atoms with Gasteiger partial charge in [0.25, 0.3) is 10.0 Å². The molecule has 0 radical (unpaired) electrons. The summed E-state index contributed by atoms with van der Waals surface area (Å²) in [5.74, 6) is 0. The number of rotatable bonds is 4. The molecular weight excluding hydrogens is 348 g/mol. The van der Waals surface area contributed by atoms with Crippen molar-refractivity contribution in [3.05, 3.63) is 53.1 Å². The molecule has 0 unspecified atom stereocenters. The molecular formula is C13H13ClN2O4S2. The van der Waals surface area contributed by atoms with E-state index >= 15 is 0 Å². The number of hydrogen-bond donors (Lipinski definition) is 2. The number of hydrogen-bond acceptors (Lipinski definition) is 4. The molecule has 0 atom stereocenters. The van der Waals surface area contributed by atoms with Gasteiger partial charge in [-0.3, -0.25) is 4.72 Å². The summed E-state index contributed by atoms with van der Waals surface area (Å²) in [6.45, 7) is 1.76. The van der Waals surface area contributed by atoms with Crippen LogP contribution in [0.3, 0.4) is 0 Å². The third-order valence-corrected chi connectivity index (χ3v) is 5.60. The fraction of sp³-hybridized carbons (Fsp3) is 0.0769. The lowest BCUT2D eigenvalue weighted by atomic mass is 10.2. The van der Waals surface area contributed by atoms with Crippen LogP contribution < -0.4 is 9.86 Å². The van der Waals surface area contributed by atoms with Crippen molar-refractivity contribution >= 4 is 37.3 Å². The highest BCUT2D eigenvalue weighted by molar-refractivity contribution is 7.92. The minimum absolute atomic E-state index is 0.0126. The summed E-state index contributed by atoms with van der Waals surface area (Å²) in [5.41, 5.74) is 0.974. The minimum atomic E-state index is -3.82. The van der Waals surface area contributed by atoms with Crippen LogP contribution in [0.2, 0.25) is 5.02 Å². The smallest absolute Gasteiger partial charge is 0.261 e. The monoisotopic (exact) mass is 360 g/mol. The zero-order chi connectivity index (χ0) is 16.5. The number of anilines is 1. The molecule has 2 aromatic carbocycles. The zero-order valence-corrected chi connectivity index (χ0v) is 13.8. The molecule has 9 heteroatoms. The van der Waals surface area contributed by atoms with Gasteiger partial charge >= 0.3 is 0 Å². The molecule has 0 aromatic heterocycles. The van der Waals surface area contributed by atoms with Crippen LogP contribution in [0.15, 0.2) is 52.3 Å². The highest BCUT2D eigenvalue weighted by Gasteiger charge is 2.16. The number of sulfonamides is 2. The van der Waals surface area contributed by atoms with E-state index in [2.05, 4.69) is 4.72 Å². The fourth-order valence-corrected chi connectivity index (χ4v) is 3.51. The van der Waals surface area contributed by atoms with E-state index in [4.69, 9.17) is 16.7 Å². The van der Waals surface area contributed by atoms with E-state index in [9.17, 15) is 16.8 Å². The number of nitrogens with one attached hydrogen (secondary N) is 1. The maximum Gasteiger partial charge on any atom is 0.261 e. The number of benzene rings is 2. The average Bonchev–Trinajstić information content (AvgIpc) is 2.41. The summed E-state index contributed by atoms with van der Waals surface area (Å²) >= 11 is 5.92. The van der Waals surface area contributed by atoms with Gasteiger partial charge in [0, 0.05) is 10.7 Å². The van der Waals surface area contributed by atoms with E-state index in [0.717, 1.165) is 5.56 Å². The molecule has 2 aromatic rings. The Balaban J connectivity index is 2.30. The summed E-state index contributed by atoms with van der Waals surface area (Å²) in [4.78, 5) is -0.0903. The van der Waals surface area contributed by atoms with Crippen molar-refractivity contribution < 1.29 is 16.8 Å². The minimum Gasteiger partial charge on any atom is -0.280 e. The van der Waals surface area contributed by atoms with Gasteiger partial charge in [0.15, 0.2) is 0 Å². The van der Waals surface area contributed by atoms with E-state index in [1.165, 1.54) is 36.4 Å². The molecule has 0 saturated heterocycles. The third-order valence-electron chi connectivity index (χ3n) is 2.89.